The molecule has 4 nitrogen and oxygen atoms in total. The molecule has 0 aromatic heterocycles. The highest BCUT2D eigenvalue weighted by atomic mass is 16.5. The number of nitrogens with one attached hydrogen (secondary N) is 1. The lowest BCUT2D eigenvalue weighted by molar-refractivity contribution is -0.117. The van der Waals surface area contributed by atoms with Crippen LogP contribution in [0.3, 0.4) is 0 Å². The summed E-state index contributed by atoms with van der Waals surface area (Å²) in [6, 6.07) is 7.10. The largest absolute Gasteiger partial charge is 0.392 e. The molecular weight excluding hydrogens is 218 g/mol. The normalized spacial score (nSPS) is 10.6. The summed E-state index contributed by atoms with van der Waals surface area (Å²) < 4.78 is 5.29. The molecule has 1 amide bonds. The van der Waals surface area contributed by atoms with Crippen LogP contribution in [0, 0.1) is 0 Å². The van der Waals surface area contributed by atoms with E-state index < -0.39 is 0 Å². The maximum absolute atomic E-state index is 11.5. The van der Waals surface area contributed by atoms with Crippen LogP contribution in [0.1, 0.15) is 25.8 Å². The van der Waals surface area contributed by atoms with E-state index in [9.17, 15) is 4.79 Å². The molecule has 0 aliphatic heterocycles. The van der Waals surface area contributed by atoms with Crippen molar-refractivity contribution in [2.75, 3.05) is 11.9 Å². The van der Waals surface area contributed by atoms with Crippen molar-refractivity contribution in [3.63, 3.8) is 0 Å². The summed E-state index contributed by atoms with van der Waals surface area (Å²) in [5, 5.41) is 11.6. The van der Waals surface area contributed by atoms with Gasteiger partial charge in [-0.25, -0.2) is 0 Å². The Bertz CT molecular complexity index is 346. The molecule has 0 unspecified atom stereocenters. The van der Waals surface area contributed by atoms with Crippen molar-refractivity contribution >= 4 is 11.6 Å². The van der Waals surface area contributed by atoms with Crippen molar-refractivity contribution in [1.29, 1.82) is 0 Å². The number of aliphatic hydroxyl groups is 1. The van der Waals surface area contributed by atoms with E-state index in [0.29, 0.717) is 13.0 Å². The topological polar surface area (TPSA) is 58.6 Å². The lowest BCUT2D eigenvalue weighted by Gasteiger charge is -2.08. The third-order valence-electron chi connectivity index (χ3n) is 2.20. The fourth-order valence-electron chi connectivity index (χ4n) is 1.30. The van der Waals surface area contributed by atoms with Gasteiger partial charge in [0.05, 0.1) is 25.7 Å². The van der Waals surface area contributed by atoms with Gasteiger partial charge < -0.3 is 15.2 Å². The summed E-state index contributed by atoms with van der Waals surface area (Å²) in [6.45, 7) is 4.31. The number of hydrogen-bond acceptors (Lipinski definition) is 3. The van der Waals surface area contributed by atoms with E-state index in [4.69, 9.17) is 9.84 Å². The summed E-state index contributed by atoms with van der Waals surface area (Å²) >= 11 is 0. The predicted octanol–water partition coefficient (Wildman–Crippen LogP) is 1.93. The monoisotopic (exact) mass is 237 g/mol. The number of amides is 1. The number of hydrogen-bond donors (Lipinski definition) is 2. The summed E-state index contributed by atoms with van der Waals surface area (Å²) in [5.41, 5.74) is 1.56. The summed E-state index contributed by atoms with van der Waals surface area (Å²) in [5.74, 6) is -0.0672. The molecule has 0 heterocycles. The SMILES string of the molecule is CC(C)OCCC(=O)Nc1ccc(CO)cc1. The number of carbonyl (C=O) groups is 1. The molecule has 0 atom stereocenters. The Morgan fingerprint density at radius 3 is 2.53 bits per heavy atom. The Morgan fingerprint density at radius 2 is 2.00 bits per heavy atom. The van der Waals surface area contributed by atoms with Gasteiger partial charge >= 0.3 is 0 Å². The van der Waals surface area contributed by atoms with Crippen LogP contribution < -0.4 is 5.32 Å². The summed E-state index contributed by atoms with van der Waals surface area (Å²) in [7, 11) is 0. The highest BCUT2D eigenvalue weighted by Crippen LogP contribution is 2.09. The number of aliphatic hydroxyl groups excluding tert-OH is 1. The summed E-state index contributed by atoms with van der Waals surface area (Å²) in [4.78, 5) is 11.5. The standard InChI is InChI=1S/C13H19NO3/c1-10(2)17-8-7-13(16)14-12-5-3-11(9-15)4-6-12/h3-6,10,15H,7-9H2,1-2H3,(H,14,16). The van der Waals surface area contributed by atoms with Crippen LogP contribution in [0.2, 0.25) is 0 Å². The fraction of sp³-hybridized carbons (Fsp3) is 0.462. The average Bonchev–Trinajstić information content (AvgIpc) is 2.29. The van der Waals surface area contributed by atoms with Crippen LogP contribution >= 0.6 is 0 Å². The number of ether oxygens (including phenoxy) is 1. The lowest BCUT2D eigenvalue weighted by atomic mass is 10.2. The van der Waals surface area contributed by atoms with Crippen molar-refractivity contribution in [2.45, 2.75) is 33.0 Å². The first kappa shape index (κ1) is 13.7. The Morgan fingerprint density at radius 1 is 1.35 bits per heavy atom. The maximum atomic E-state index is 11.5. The van der Waals surface area contributed by atoms with E-state index in [0.717, 1.165) is 11.3 Å². The second kappa shape index (κ2) is 7.04. The molecule has 0 radical (unpaired) electrons. The quantitative estimate of drug-likeness (QED) is 0.794. The second-order valence-electron chi connectivity index (χ2n) is 4.07. The number of rotatable bonds is 6. The van der Waals surface area contributed by atoms with Gasteiger partial charge in [0, 0.05) is 5.69 Å². The van der Waals surface area contributed by atoms with Gasteiger partial charge in [0.25, 0.3) is 0 Å². The molecule has 0 spiro atoms. The van der Waals surface area contributed by atoms with E-state index >= 15 is 0 Å². The number of benzene rings is 1. The molecule has 0 bridgehead atoms. The Hall–Kier alpha value is -1.39. The molecular formula is C13H19NO3. The zero-order valence-corrected chi connectivity index (χ0v) is 10.3. The molecule has 0 saturated heterocycles. The maximum Gasteiger partial charge on any atom is 0.226 e. The van der Waals surface area contributed by atoms with Gasteiger partial charge in [0.1, 0.15) is 0 Å². The minimum atomic E-state index is -0.0672. The molecule has 0 aliphatic rings. The molecule has 2 N–H and O–H groups in total. The van der Waals surface area contributed by atoms with Crippen LogP contribution in [0.4, 0.5) is 5.69 Å². The number of anilines is 1. The lowest BCUT2D eigenvalue weighted by Crippen LogP contribution is -2.15. The molecule has 4 heteroatoms. The third-order valence-corrected chi connectivity index (χ3v) is 2.20. The molecule has 1 rings (SSSR count). The molecule has 0 aliphatic carbocycles. The molecule has 94 valence electrons. The first-order valence-corrected chi connectivity index (χ1v) is 5.73. The van der Waals surface area contributed by atoms with E-state index in [2.05, 4.69) is 5.32 Å². The van der Waals surface area contributed by atoms with Crippen molar-refractivity contribution in [3.8, 4) is 0 Å². The predicted molar refractivity (Wildman–Crippen MR) is 66.7 cm³/mol. The second-order valence-corrected chi connectivity index (χ2v) is 4.07. The van der Waals surface area contributed by atoms with Crippen LogP contribution in [0.15, 0.2) is 24.3 Å². The van der Waals surface area contributed by atoms with Gasteiger partial charge in [0.15, 0.2) is 0 Å². The van der Waals surface area contributed by atoms with Gasteiger partial charge in [-0.2, -0.15) is 0 Å². The van der Waals surface area contributed by atoms with Crippen LogP contribution in [0.25, 0.3) is 0 Å². The van der Waals surface area contributed by atoms with Crippen LogP contribution in [0.5, 0.6) is 0 Å². The van der Waals surface area contributed by atoms with Crippen molar-refractivity contribution in [1.82, 2.24) is 0 Å². The Balaban J connectivity index is 2.34. The van der Waals surface area contributed by atoms with Crippen molar-refractivity contribution in [2.24, 2.45) is 0 Å². The van der Waals surface area contributed by atoms with E-state index in [1.165, 1.54) is 0 Å². The first-order valence-electron chi connectivity index (χ1n) is 5.73. The highest BCUT2D eigenvalue weighted by molar-refractivity contribution is 5.90. The molecule has 0 fully saturated rings. The van der Waals surface area contributed by atoms with Crippen molar-refractivity contribution in [3.05, 3.63) is 29.8 Å². The molecule has 0 saturated carbocycles. The van der Waals surface area contributed by atoms with E-state index in [-0.39, 0.29) is 18.6 Å². The van der Waals surface area contributed by atoms with Gasteiger partial charge in [-0.3, -0.25) is 4.79 Å². The average molecular weight is 237 g/mol. The smallest absolute Gasteiger partial charge is 0.226 e. The van der Waals surface area contributed by atoms with Crippen LogP contribution in [-0.4, -0.2) is 23.7 Å². The molecule has 1 aromatic carbocycles. The van der Waals surface area contributed by atoms with Gasteiger partial charge in [-0.05, 0) is 31.5 Å². The van der Waals surface area contributed by atoms with E-state index in [1.54, 1.807) is 24.3 Å². The van der Waals surface area contributed by atoms with Crippen LogP contribution in [-0.2, 0) is 16.1 Å². The zero-order valence-electron chi connectivity index (χ0n) is 10.3. The van der Waals surface area contributed by atoms with Gasteiger partial charge in [-0.15, -0.1) is 0 Å². The van der Waals surface area contributed by atoms with Gasteiger partial charge in [0.2, 0.25) is 5.91 Å². The third kappa shape index (κ3) is 5.47. The fourth-order valence-corrected chi connectivity index (χ4v) is 1.30. The Kier molecular flexibility index (Phi) is 5.66. The minimum Gasteiger partial charge on any atom is -0.392 e. The van der Waals surface area contributed by atoms with E-state index in [1.807, 2.05) is 13.8 Å². The minimum absolute atomic E-state index is 0.0104. The highest BCUT2D eigenvalue weighted by Gasteiger charge is 2.03. The Labute approximate surface area is 102 Å². The van der Waals surface area contributed by atoms with Gasteiger partial charge in [-0.1, -0.05) is 12.1 Å². The molecule has 1 aromatic rings. The molecule has 17 heavy (non-hydrogen) atoms. The summed E-state index contributed by atoms with van der Waals surface area (Å²) in [6.07, 6.45) is 0.492. The number of carbonyl (C=O) groups excluding carboxylic acids is 1. The van der Waals surface area contributed by atoms with Crippen molar-refractivity contribution < 1.29 is 14.6 Å². The zero-order chi connectivity index (χ0) is 12.7. The first-order chi connectivity index (χ1) is 8.11.